The molecule has 1 aromatic carbocycles. The van der Waals surface area contributed by atoms with Gasteiger partial charge in [0, 0.05) is 18.4 Å². The molecule has 1 saturated heterocycles. The Morgan fingerprint density at radius 2 is 1.86 bits per heavy atom. The molecule has 0 N–H and O–H groups in total. The molecule has 3 amide bonds. The van der Waals surface area contributed by atoms with Crippen molar-refractivity contribution in [3.05, 3.63) is 35.9 Å². The van der Waals surface area contributed by atoms with Gasteiger partial charge in [-0.1, -0.05) is 44.2 Å². The number of rotatable bonds is 3. The van der Waals surface area contributed by atoms with E-state index < -0.39 is 23.8 Å². The standard InChI is InChI=1S/C15H16N2O4/c1-3-11(18)16-15-17(12(19)4-2)14(20)13(21-15)10-8-6-5-7-9-10/h5-9,13H,3-4H2,1-2H3. The predicted octanol–water partition coefficient (Wildman–Crippen LogP) is 1.82. The molecule has 1 aliphatic rings. The van der Waals surface area contributed by atoms with Crippen molar-refractivity contribution in [2.75, 3.05) is 0 Å². The van der Waals surface area contributed by atoms with E-state index in [0.29, 0.717) is 5.56 Å². The molecule has 6 heteroatoms. The second-order valence-corrected chi connectivity index (χ2v) is 4.47. The van der Waals surface area contributed by atoms with Gasteiger partial charge < -0.3 is 4.74 Å². The number of benzene rings is 1. The monoisotopic (exact) mass is 288 g/mol. The molecular formula is C15H16N2O4. The van der Waals surface area contributed by atoms with Crippen LogP contribution < -0.4 is 0 Å². The number of aliphatic imine (C=N–C) groups is 1. The Morgan fingerprint density at radius 3 is 2.43 bits per heavy atom. The van der Waals surface area contributed by atoms with Crippen molar-refractivity contribution in [1.82, 2.24) is 4.90 Å². The molecule has 0 radical (unpaired) electrons. The molecule has 0 aromatic heterocycles. The van der Waals surface area contributed by atoms with E-state index in [1.807, 2.05) is 6.07 Å². The van der Waals surface area contributed by atoms with Gasteiger partial charge in [-0.05, 0) is 0 Å². The summed E-state index contributed by atoms with van der Waals surface area (Å²) >= 11 is 0. The lowest BCUT2D eigenvalue weighted by Crippen LogP contribution is -2.36. The third-order valence-corrected chi connectivity index (χ3v) is 3.04. The lowest BCUT2D eigenvalue weighted by molar-refractivity contribution is -0.139. The largest absolute Gasteiger partial charge is 0.446 e. The van der Waals surface area contributed by atoms with Crippen LogP contribution in [0.15, 0.2) is 35.3 Å². The molecule has 1 atom stereocenters. The second-order valence-electron chi connectivity index (χ2n) is 4.47. The Labute approximate surface area is 122 Å². The van der Waals surface area contributed by atoms with Crippen molar-refractivity contribution < 1.29 is 19.1 Å². The zero-order valence-electron chi connectivity index (χ0n) is 11.9. The zero-order valence-corrected chi connectivity index (χ0v) is 11.9. The summed E-state index contributed by atoms with van der Waals surface area (Å²) in [6.07, 6.45) is -0.647. The molecule has 0 saturated carbocycles. The van der Waals surface area contributed by atoms with Crippen molar-refractivity contribution in [2.45, 2.75) is 32.8 Å². The maximum atomic E-state index is 12.4. The number of nitrogens with zero attached hydrogens (tertiary/aromatic N) is 2. The number of carbonyl (C=O) groups is 3. The molecule has 1 heterocycles. The van der Waals surface area contributed by atoms with Crippen LogP contribution in [0.4, 0.5) is 0 Å². The van der Waals surface area contributed by atoms with Crippen LogP contribution >= 0.6 is 0 Å². The molecule has 110 valence electrons. The predicted molar refractivity (Wildman–Crippen MR) is 75.1 cm³/mol. The summed E-state index contributed by atoms with van der Waals surface area (Å²) in [5.74, 6) is -1.41. The molecule has 0 spiro atoms. The number of carbonyl (C=O) groups excluding carboxylic acids is 3. The van der Waals surface area contributed by atoms with Gasteiger partial charge in [-0.2, -0.15) is 9.89 Å². The van der Waals surface area contributed by atoms with Crippen molar-refractivity contribution in [2.24, 2.45) is 4.99 Å². The normalized spacial score (nSPS) is 19.7. The number of hydrogen-bond donors (Lipinski definition) is 0. The lowest BCUT2D eigenvalue weighted by atomic mass is 10.1. The molecule has 1 aromatic rings. The van der Waals surface area contributed by atoms with Crippen LogP contribution in [0.3, 0.4) is 0 Å². The van der Waals surface area contributed by atoms with Gasteiger partial charge in [0.25, 0.3) is 5.91 Å². The van der Waals surface area contributed by atoms with E-state index in [-0.39, 0.29) is 18.9 Å². The second kappa shape index (κ2) is 6.30. The molecular weight excluding hydrogens is 272 g/mol. The van der Waals surface area contributed by atoms with Gasteiger partial charge in [-0.15, -0.1) is 0 Å². The van der Waals surface area contributed by atoms with Crippen molar-refractivity contribution in [3.63, 3.8) is 0 Å². The first-order valence-corrected chi connectivity index (χ1v) is 6.78. The zero-order chi connectivity index (χ0) is 15.4. The lowest BCUT2D eigenvalue weighted by Gasteiger charge is -2.09. The molecule has 0 aliphatic carbocycles. The molecule has 2 rings (SSSR count). The SMILES string of the molecule is CCC(=O)N=C1OC(c2ccccc2)C(=O)N1C(=O)CC. The van der Waals surface area contributed by atoms with Gasteiger partial charge in [-0.3, -0.25) is 14.4 Å². The minimum absolute atomic E-state index is 0.121. The Bertz CT molecular complexity index is 595. The molecule has 6 nitrogen and oxygen atoms in total. The van der Waals surface area contributed by atoms with Gasteiger partial charge in [-0.25, -0.2) is 0 Å². The highest BCUT2D eigenvalue weighted by Crippen LogP contribution is 2.28. The Kier molecular flexibility index (Phi) is 4.47. The number of imide groups is 1. The highest BCUT2D eigenvalue weighted by molar-refractivity contribution is 6.16. The fourth-order valence-electron chi connectivity index (χ4n) is 1.91. The van der Waals surface area contributed by atoms with Crippen LogP contribution in [0.25, 0.3) is 0 Å². The van der Waals surface area contributed by atoms with Crippen LogP contribution in [0.2, 0.25) is 0 Å². The number of hydrogen-bond acceptors (Lipinski definition) is 4. The minimum Gasteiger partial charge on any atom is -0.446 e. The van der Waals surface area contributed by atoms with Crippen LogP contribution in [0.5, 0.6) is 0 Å². The maximum absolute atomic E-state index is 12.4. The number of amidine groups is 1. The van der Waals surface area contributed by atoms with E-state index in [1.54, 1.807) is 38.1 Å². The summed E-state index contributed by atoms with van der Waals surface area (Å²) in [5.41, 5.74) is 0.616. The summed E-state index contributed by atoms with van der Waals surface area (Å²) < 4.78 is 5.45. The Morgan fingerprint density at radius 1 is 1.19 bits per heavy atom. The first-order valence-electron chi connectivity index (χ1n) is 6.78. The van der Waals surface area contributed by atoms with E-state index in [0.717, 1.165) is 4.90 Å². The van der Waals surface area contributed by atoms with Crippen molar-refractivity contribution in [1.29, 1.82) is 0 Å². The highest BCUT2D eigenvalue weighted by atomic mass is 16.5. The summed E-state index contributed by atoms with van der Waals surface area (Å²) in [6.45, 7) is 3.27. The van der Waals surface area contributed by atoms with E-state index in [2.05, 4.69) is 4.99 Å². The molecule has 1 unspecified atom stereocenters. The van der Waals surface area contributed by atoms with E-state index in [4.69, 9.17) is 4.74 Å². The van der Waals surface area contributed by atoms with E-state index in [9.17, 15) is 14.4 Å². The fourth-order valence-corrected chi connectivity index (χ4v) is 1.91. The first kappa shape index (κ1) is 14.9. The van der Waals surface area contributed by atoms with Crippen LogP contribution in [-0.2, 0) is 19.1 Å². The average molecular weight is 288 g/mol. The highest BCUT2D eigenvalue weighted by Gasteiger charge is 2.43. The van der Waals surface area contributed by atoms with Crippen molar-refractivity contribution in [3.8, 4) is 0 Å². The van der Waals surface area contributed by atoms with Gasteiger partial charge in [0.05, 0.1) is 0 Å². The van der Waals surface area contributed by atoms with Crippen LogP contribution in [0.1, 0.15) is 38.4 Å². The Hall–Kier alpha value is -2.50. The number of amides is 3. The average Bonchev–Trinajstić information content (AvgIpc) is 2.83. The topological polar surface area (TPSA) is 76.0 Å². The number of ether oxygens (including phenoxy) is 1. The summed E-state index contributed by atoms with van der Waals surface area (Å²) in [4.78, 5) is 40.3. The molecule has 1 aliphatic heterocycles. The fraction of sp³-hybridized carbons (Fsp3) is 0.333. The van der Waals surface area contributed by atoms with E-state index >= 15 is 0 Å². The van der Waals surface area contributed by atoms with Gasteiger partial charge in [0.2, 0.25) is 17.9 Å². The van der Waals surface area contributed by atoms with E-state index in [1.165, 1.54) is 0 Å². The van der Waals surface area contributed by atoms with Crippen LogP contribution in [-0.4, -0.2) is 28.6 Å². The molecule has 21 heavy (non-hydrogen) atoms. The Balaban J connectivity index is 2.38. The quantitative estimate of drug-likeness (QED) is 0.850. The minimum atomic E-state index is -0.940. The van der Waals surface area contributed by atoms with Gasteiger partial charge in [0.15, 0.2) is 0 Å². The summed E-state index contributed by atoms with van der Waals surface area (Å²) in [7, 11) is 0. The first-order chi connectivity index (χ1) is 10.1. The van der Waals surface area contributed by atoms with Gasteiger partial charge in [0.1, 0.15) is 0 Å². The summed E-state index contributed by atoms with van der Waals surface area (Å²) in [6, 6.07) is 8.57. The third-order valence-electron chi connectivity index (χ3n) is 3.04. The summed E-state index contributed by atoms with van der Waals surface area (Å²) in [5, 5.41) is 0. The smallest absolute Gasteiger partial charge is 0.310 e. The molecule has 1 fully saturated rings. The van der Waals surface area contributed by atoms with Crippen LogP contribution in [0, 0.1) is 0 Å². The van der Waals surface area contributed by atoms with Gasteiger partial charge >= 0.3 is 6.02 Å². The third kappa shape index (κ3) is 2.99. The molecule has 0 bridgehead atoms. The maximum Gasteiger partial charge on any atom is 0.310 e. The van der Waals surface area contributed by atoms with Crippen molar-refractivity contribution >= 4 is 23.7 Å².